The van der Waals surface area contributed by atoms with Crippen molar-refractivity contribution in [3.63, 3.8) is 0 Å². The second-order valence-electron chi connectivity index (χ2n) is 11.7. The van der Waals surface area contributed by atoms with E-state index in [1.165, 1.54) is 39.1 Å². The van der Waals surface area contributed by atoms with Gasteiger partial charge in [0.25, 0.3) is 5.92 Å². The number of likely N-dealkylation sites (tertiary alicyclic amines) is 1. The maximum atomic E-state index is 15.1. The van der Waals surface area contributed by atoms with Crippen molar-refractivity contribution in [3.8, 4) is 5.75 Å². The molecule has 0 bridgehead atoms. The molecule has 1 unspecified atom stereocenters. The van der Waals surface area contributed by atoms with Crippen molar-refractivity contribution in [2.75, 3.05) is 6.54 Å². The lowest BCUT2D eigenvalue weighted by atomic mass is 9.80. The molecule has 0 radical (unpaired) electrons. The van der Waals surface area contributed by atoms with Crippen LogP contribution in [0.1, 0.15) is 44.0 Å². The number of alkyl halides is 6. The Morgan fingerprint density at radius 1 is 1.09 bits per heavy atom. The third kappa shape index (κ3) is 8.20. The molecule has 1 aliphatic heterocycles. The van der Waals surface area contributed by atoms with Crippen molar-refractivity contribution in [3.05, 3.63) is 94.5 Å². The number of ether oxygens (including phenoxy) is 2. The number of hydrogen-bond acceptors (Lipinski definition) is 5. The average Bonchev–Trinajstić information content (AvgIpc) is 3.28. The second kappa shape index (κ2) is 13.0. The number of carbonyl (C=O) groups is 2. The van der Waals surface area contributed by atoms with Crippen LogP contribution in [0.4, 0.5) is 35.5 Å². The molecular weight excluding hydrogens is 647 g/mol. The summed E-state index contributed by atoms with van der Waals surface area (Å²) < 4.78 is 108. The van der Waals surface area contributed by atoms with Crippen LogP contribution < -0.4 is 10.1 Å². The first-order valence-corrected chi connectivity index (χ1v) is 14.2. The Morgan fingerprint density at radius 3 is 2.35 bits per heavy atom. The first kappa shape index (κ1) is 34.8. The topological polar surface area (TPSA) is 80.8 Å². The van der Waals surface area contributed by atoms with Crippen molar-refractivity contribution in [1.82, 2.24) is 15.2 Å². The first-order valence-electron chi connectivity index (χ1n) is 13.8. The van der Waals surface area contributed by atoms with Gasteiger partial charge in [0, 0.05) is 25.1 Å². The van der Waals surface area contributed by atoms with Crippen LogP contribution in [0.5, 0.6) is 5.75 Å². The van der Waals surface area contributed by atoms with Gasteiger partial charge < -0.3 is 14.8 Å². The van der Waals surface area contributed by atoms with Crippen molar-refractivity contribution in [2.45, 2.75) is 69.3 Å². The van der Waals surface area contributed by atoms with Crippen molar-refractivity contribution >= 4 is 23.6 Å². The fourth-order valence-corrected chi connectivity index (χ4v) is 5.09. The number of benzene rings is 2. The lowest BCUT2D eigenvalue weighted by Gasteiger charge is -2.37. The van der Waals surface area contributed by atoms with Crippen LogP contribution in [-0.2, 0) is 21.5 Å². The minimum Gasteiger partial charge on any atom is -0.444 e. The summed E-state index contributed by atoms with van der Waals surface area (Å²) in [6.07, 6.45) is -10.7. The Kier molecular flexibility index (Phi) is 9.81. The Balaban J connectivity index is 1.90. The molecule has 46 heavy (non-hydrogen) atoms. The molecule has 2 aromatic carbocycles. The van der Waals surface area contributed by atoms with Crippen LogP contribution in [0.3, 0.4) is 0 Å². The molecule has 1 saturated heterocycles. The van der Waals surface area contributed by atoms with E-state index in [1.54, 1.807) is 30.3 Å². The van der Waals surface area contributed by atoms with Crippen LogP contribution in [-0.4, -0.2) is 58.5 Å². The van der Waals surface area contributed by atoms with E-state index in [1.807, 2.05) is 0 Å². The maximum Gasteiger partial charge on any atom is 0.461 e. The molecule has 1 N–H and O–H groups in total. The molecule has 0 saturated carbocycles. The van der Waals surface area contributed by atoms with E-state index in [0.717, 1.165) is 12.1 Å². The zero-order chi connectivity index (χ0) is 34.1. The number of pyridine rings is 1. The number of rotatable bonds is 9. The number of hydrogen-bond donors (Lipinski definition) is 1. The maximum absolute atomic E-state index is 15.1. The molecule has 0 aliphatic carbocycles. The summed E-state index contributed by atoms with van der Waals surface area (Å²) in [5.41, 5.74) is -3.09. The zero-order valence-corrected chi connectivity index (χ0v) is 25.4. The van der Waals surface area contributed by atoms with Crippen molar-refractivity contribution in [2.24, 2.45) is 0 Å². The van der Waals surface area contributed by atoms with Gasteiger partial charge in [-0.15, -0.1) is 0 Å². The molecular formula is C31H29ClF7N3O4. The molecule has 1 fully saturated rings. The number of carbonyl (C=O) groups excluding carboxylic acids is 2. The molecule has 2 heterocycles. The van der Waals surface area contributed by atoms with E-state index in [0.29, 0.717) is 16.5 Å². The molecule has 2 atom stereocenters. The van der Waals surface area contributed by atoms with E-state index < -0.39 is 72.2 Å². The van der Waals surface area contributed by atoms with Gasteiger partial charge in [-0.1, -0.05) is 41.9 Å². The molecule has 248 valence electrons. The van der Waals surface area contributed by atoms with Gasteiger partial charge in [0.2, 0.25) is 5.91 Å². The fraction of sp³-hybridized carbons (Fsp3) is 0.387. The van der Waals surface area contributed by atoms with E-state index in [-0.39, 0.29) is 22.7 Å². The van der Waals surface area contributed by atoms with Crippen LogP contribution in [0, 0.1) is 5.82 Å². The molecule has 3 aromatic rings. The fourth-order valence-electron chi connectivity index (χ4n) is 4.98. The van der Waals surface area contributed by atoms with Gasteiger partial charge in [-0.2, -0.15) is 17.6 Å². The highest BCUT2D eigenvalue weighted by Gasteiger charge is 2.53. The molecule has 4 rings (SSSR count). The Labute approximate surface area is 264 Å². The number of nitrogens with zero attached hydrogens (tertiary/aromatic N) is 2. The van der Waals surface area contributed by atoms with Crippen molar-refractivity contribution in [1.29, 1.82) is 0 Å². The normalized spacial score (nSPS) is 17.8. The summed E-state index contributed by atoms with van der Waals surface area (Å²) in [6, 6.07) is 11.1. The number of amides is 2. The third-order valence-corrected chi connectivity index (χ3v) is 7.11. The molecule has 2 amide bonds. The van der Waals surface area contributed by atoms with Crippen molar-refractivity contribution < 1.29 is 49.8 Å². The highest BCUT2D eigenvalue weighted by molar-refractivity contribution is 6.30. The first-order chi connectivity index (χ1) is 21.3. The standard InChI is InChI=1S/C31H29ClF7N3O4/c1-28(2,3)46-27(44)42-17-29(36,37)15-23(42)25(43)41-30(14-18-7-5-4-6-8-18,24-10-9-20(32)16-40-24)19-11-21(33)13-22(12-19)45-31(38,39)26(34)35/h4-13,16,23,26H,14-15,17H2,1-3H3,(H,41,43)/t23?,30-/m0/s1. The van der Waals surface area contributed by atoms with Crippen LogP contribution >= 0.6 is 11.6 Å². The van der Waals surface area contributed by atoms with Gasteiger partial charge >= 0.3 is 18.6 Å². The Morgan fingerprint density at radius 2 is 1.76 bits per heavy atom. The quantitative estimate of drug-likeness (QED) is 0.240. The van der Waals surface area contributed by atoms with Crippen LogP contribution in [0.15, 0.2) is 66.9 Å². The van der Waals surface area contributed by atoms with E-state index in [2.05, 4.69) is 15.0 Å². The summed E-state index contributed by atoms with van der Waals surface area (Å²) in [7, 11) is 0. The predicted octanol–water partition coefficient (Wildman–Crippen LogP) is 7.36. The van der Waals surface area contributed by atoms with Gasteiger partial charge in [0.1, 0.15) is 28.7 Å². The van der Waals surface area contributed by atoms with E-state index in [9.17, 15) is 35.9 Å². The smallest absolute Gasteiger partial charge is 0.444 e. The monoisotopic (exact) mass is 675 g/mol. The molecule has 1 aliphatic rings. The predicted molar refractivity (Wildman–Crippen MR) is 153 cm³/mol. The van der Waals surface area contributed by atoms with E-state index >= 15 is 4.39 Å². The number of halogens is 8. The van der Waals surface area contributed by atoms with Gasteiger partial charge in [0.05, 0.1) is 17.3 Å². The highest BCUT2D eigenvalue weighted by Crippen LogP contribution is 2.39. The summed E-state index contributed by atoms with van der Waals surface area (Å²) in [4.78, 5) is 31.8. The summed E-state index contributed by atoms with van der Waals surface area (Å²) >= 11 is 6.04. The summed E-state index contributed by atoms with van der Waals surface area (Å²) in [5.74, 6) is -6.90. The summed E-state index contributed by atoms with van der Waals surface area (Å²) in [6.45, 7) is 3.37. The minimum atomic E-state index is -5.02. The minimum absolute atomic E-state index is 0.0696. The van der Waals surface area contributed by atoms with Gasteiger partial charge in [-0.25, -0.2) is 18.0 Å². The SMILES string of the molecule is CC(C)(C)OC(=O)N1CC(F)(F)CC1C(=O)N[C@@](Cc1ccccc1)(c1cc(F)cc(OC(F)(F)C(F)F)c1)c1ccc(Cl)cn1. The molecule has 15 heteroatoms. The average molecular weight is 676 g/mol. The zero-order valence-electron chi connectivity index (χ0n) is 24.7. The molecule has 1 aromatic heterocycles. The molecule has 0 spiro atoms. The van der Waals surface area contributed by atoms with E-state index in [4.69, 9.17) is 16.3 Å². The number of aromatic nitrogens is 1. The Hall–Kier alpha value is -4.07. The van der Waals surface area contributed by atoms with Crippen LogP contribution in [0.25, 0.3) is 0 Å². The third-order valence-electron chi connectivity index (χ3n) is 6.89. The van der Waals surface area contributed by atoms with Gasteiger partial charge in [-0.3, -0.25) is 14.7 Å². The Bertz CT molecular complexity index is 1560. The second-order valence-corrected chi connectivity index (χ2v) is 12.2. The van der Waals surface area contributed by atoms with Gasteiger partial charge in [-0.05, 0) is 56.2 Å². The lowest BCUT2D eigenvalue weighted by Crippen LogP contribution is -2.55. The molecule has 7 nitrogen and oxygen atoms in total. The van der Waals surface area contributed by atoms with Crippen LogP contribution in [0.2, 0.25) is 5.02 Å². The lowest BCUT2D eigenvalue weighted by molar-refractivity contribution is -0.253. The van der Waals surface area contributed by atoms with Gasteiger partial charge in [0.15, 0.2) is 0 Å². The number of nitrogens with one attached hydrogen (secondary N) is 1. The summed E-state index contributed by atoms with van der Waals surface area (Å²) in [5, 5.41) is 2.75. The largest absolute Gasteiger partial charge is 0.461 e. The highest BCUT2D eigenvalue weighted by atomic mass is 35.5.